The molecule has 5 heteroatoms. The third kappa shape index (κ3) is 3.60. The van der Waals surface area contributed by atoms with Gasteiger partial charge in [-0.05, 0) is 30.4 Å². The van der Waals surface area contributed by atoms with Gasteiger partial charge in [-0.2, -0.15) is 0 Å². The minimum atomic E-state index is 0. The van der Waals surface area contributed by atoms with Gasteiger partial charge in [-0.3, -0.25) is 4.90 Å². The molecule has 2 heterocycles. The first-order chi connectivity index (χ1) is 10.8. The summed E-state index contributed by atoms with van der Waals surface area (Å²) in [5.74, 6) is 0.837. The summed E-state index contributed by atoms with van der Waals surface area (Å²) in [6.45, 7) is 4.64. The number of hydrogen-bond donors (Lipinski definition) is 1. The van der Waals surface area contributed by atoms with Gasteiger partial charge in [0.05, 0.1) is 0 Å². The van der Waals surface area contributed by atoms with E-state index in [-0.39, 0.29) is 24.8 Å². The van der Waals surface area contributed by atoms with Crippen LogP contribution in [-0.4, -0.2) is 35.6 Å². The van der Waals surface area contributed by atoms with E-state index < -0.39 is 0 Å². The van der Waals surface area contributed by atoms with Gasteiger partial charge >= 0.3 is 0 Å². The summed E-state index contributed by atoms with van der Waals surface area (Å²) in [7, 11) is 2.19. The monoisotopic (exact) mass is 369 g/mol. The number of para-hydroxylation sites is 1. The number of nitrogens with zero attached hydrogens (tertiary/aromatic N) is 2. The lowest BCUT2D eigenvalue weighted by Gasteiger charge is -2.38. The van der Waals surface area contributed by atoms with Gasteiger partial charge in [-0.25, -0.2) is 0 Å². The Labute approximate surface area is 157 Å². The van der Waals surface area contributed by atoms with Gasteiger partial charge in [0.2, 0.25) is 0 Å². The van der Waals surface area contributed by atoms with Crippen molar-refractivity contribution in [1.29, 1.82) is 0 Å². The molecule has 3 nitrogen and oxygen atoms in total. The molecule has 1 N–H and O–H groups in total. The molecule has 1 aromatic carbocycles. The van der Waals surface area contributed by atoms with Crippen LogP contribution in [0.2, 0.25) is 0 Å². The molecule has 1 saturated carbocycles. The summed E-state index contributed by atoms with van der Waals surface area (Å²) in [5, 5.41) is 4.97. The van der Waals surface area contributed by atoms with Crippen molar-refractivity contribution >= 4 is 35.7 Å². The molecule has 24 heavy (non-hydrogen) atoms. The topological polar surface area (TPSA) is 20.2 Å². The third-order valence-electron chi connectivity index (χ3n) is 5.64. The quantitative estimate of drug-likeness (QED) is 0.876. The Kier molecular flexibility index (Phi) is 6.99. The number of rotatable bonds is 3. The maximum Gasteiger partial charge on any atom is 0.0481 e. The second kappa shape index (κ2) is 8.57. The first-order valence-electron chi connectivity index (χ1n) is 8.83. The predicted octanol–water partition coefficient (Wildman–Crippen LogP) is 4.16. The molecule has 2 aliphatic rings. The number of piperazine rings is 1. The van der Waals surface area contributed by atoms with Gasteiger partial charge < -0.3 is 9.88 Å². The summed E-state index contributed by atoms with van der Waals surface area (Å²) < 4.78 is 2.31. The molecule has 0 bridgehead atoms. The summed E-state index contributed by atoms with van der Waals surface area (Å²) in [4.78, 5) is 2.74. The zero-order valence-corrected chi connectivity index (χ0v) is 16.0. The van der Waals surface area contributed by atoms with E-state index in [9.17, 15) is 0 Å². The number of hydrogen-bond acceptors (Lipinski definition) is 2. The number of aromatic nitrogens is 1. The van der Waals surface area contributed by atoms with E-state index in [1.54, 1.807) is 5.56 Å². The van der Waals surface area contributed by atoms with Crippen LogP contribution in [0.5, 0.6) is 0 Å². The number of aryl methyl sites for hydroxylation is 1. The highest BCUT2D eigenvalue weighted by Gasteiger charge is 2.33. The maximum atomic E-state index is 3.51. The van der Waals surface area contributed by atoms with Crippen LogP contribution in [0.1, 0.15) is 37.3 Å². The van der Waals surface area contributed by atoms with Gasteiger partial charge in [-0.15, -0.1) is 24.8 Å². The van der Waals surface area contributed by atoms with Gasteiger partial charge in [0.15, 0.2) is 0 Å². The molecule has 1 aliphatic carbocycles. The highest BCUT2D eigenvalue weighted by atomic mass is 35.5. The molecule has 1 aromatic heterocycles. The minimum Gasteiger partial charge on any atom is -0.350 e. The lowest BCUT2D eigenvalue weighted by molar-refractivity contribution is 0.126. The van der Waals surface area contributed by atoms with Gasteiger partial charge in [0, 0.05) is 56.4 Å². The van der Waals surface area contributed by atoms with Crippen LogP contribution in [0.25, 0.3) is 10.9 Å². The average molecular weight is 370 g/mol. The second-order valence-electron chi connectivity index (χ2n) is 6.99. The van der Waals surface area contributed by atoms with Crippen LogP contribution in [0.15, 0.2) is 30.5 Å². The first-order valence-corrected chi connectivity index (χ1v) is 8.83. The molecule has 1 atom stereocenters. The molecule has 0 spiro atoms. The van der Waals surface area contributed by atoms with Crippen molar-refractivity contribution in [2.75, 3.05) is 26.2 Å². The van der Waals surface area contributed by atoms with Crippen molar-refractivity contribution in [3.05, 3.63) is 36.0 Å². The van der Waals surface area contributed by atoms with Gasteiger partial charge in [0.25, 0.3) is 0 Å². The maximum absolute atomic E-state index is 3.51. The molecule has 1 saturated heterocycles. The average Bonchev–Trinajstić information content (AvgIpc) is 3.19. The summed E-state index contributed by atoms with van der Waals surface area (Å²) in [6.07, 6.45) is 8.03. The van der Waals surface area contributed by atoms with Crippen molar-refractivity contribution in [3.63, 3.8) is 0 Å². The SMILES string of the molecule is Cl.Cl.Cn1cc([C@@H](C2CCCC2)N2CCNCC2)c2ccccc21. The molecule has 2 fully saturated rings. The molecule has 0 unspecified atom stereocenters. The fourth-order valence-electron chi connectivity index (χ4n) is 4.59. The number of halogens is 2. The Morgan fingerprint density at radius 1 is 1.04 bits per heavy atom. The molecule has 0 amide bonds. The van der Waals surface area contributed by atoms with Crippen LogP contribution in [0.4, 0.5) is 0 Å². The van der Waals surface area contributed by atoms with Crippen molar-refractivity contribution in [2.45, 2.75) is 31.7 Å². The smallest absolute Gasteiger partial charge is 0.0481 e. The predicted molar refractivity (Wildman–Crippen MR) is 107 cm³/mol. The van der Waals surface area contributed by atoms with E-state index >= 15 is 0 Å². The number of fused-ring (bicyclic) bond motifs is 1. The van der Waals surface area contributed by atoms with Crippen LogP contribution in [-0.2, 0) is 7.05 Å². The molecule has 0 radical (unpaired) electrons. The summed E-state index contributed by atoms with van der Waals surface area (Å²) >= 11 is 0. The molecule has 4 rings (SSSR count). The van der Waals surface area contributed by atoms with Gasteiger partial charge in [-0.1, -0.05) is 31.0 Å². The van der Waals surface area contributed by atoms with Crippen LogP contribution in [0, 0.1) is 5.92 Å². The standard InChI is InChI=1S/C19H27N3.2ClH/c1-21-14-17(16-8-4-5-9-18(16)21)19(15-6-2-3-7-15)22-12-10-20-11-13-22;;/h4-5,8-9,14-15,19-20H,2-3,6-7,10-13H2,1H3;2*1H/t19-;;/m1../s1. The van der Waals surface area contributed by atoms with E-state index in [2.05, 4.69) is 52.3 Å². The van der Waals surface area contributed by atoms with Crippen molar-refractivity contribution in [3.8, 4) is 0 Å². The minimum absolute atomic E-state index is 0. The Balaban J connectivity index is 0.00000104. The van der Waals surface area contributed by atoms with Crippen molar-refractivity contribution < 1.29 is 0 Å². The summed E-state index contributed by atoms with van der Waals surface area (Å²) in [6, 6.07) is 9.52. The molecular weight excluding hydrogens is 341 g/mol. The Bertz CT molecular complexity index is 643. The fraction of sp³-hybridized carbons (Fsp3) is 0.579. The Morgan fingerprint density at radius 3 is 2.42 bits per heavy atom. The largest absolute Gasteiger partial charge is 0.350 e. The lowest BCUT2D eigenvalue weighted by Crippen LogP contribution is -2.46. The van der Waals surface area contributed by atoms with E-state index in [1.165, 1.54) is 49.7 Å². The van der Waals surface area contributed by atoms with E-state index in [1.807, 2.05) is 0 Å². The molecule has 1 aliphatic heterocycles. The highest BCUT2D eigenvalue weighted by Crippen LogP contribution is 2.42. The normalized spacial score (nSPS) is 20.5. The van der Waals surface area contributed by atoms with Crippen LogP contribution < -0.4 is 5.32 Å². The van der Waals surface area contributed by atoms with Crippen LogP contribution >= 0.6 is 24.8 Å². The fourth-order valence-corrected chi connectivity index (χ4v) is 4.59. The third-order valence-corrected chi connectivity index (χ3v) is 5.64. The highest BCUT2D eigenvalue weighted by molar-refractivity contribution is 5.86. The Morgan fingerprint density at radius 2 is 1.71 bits per heavy atom. The number of nitrogens with one attached hydrogen (secondary N) is 1. The summed E-state index contributed by atoms with van der Waals surface area (Å²) in [5.41, 5.74) is 2.93. The van der Waals surface area contributed by atoms with Gasteiger partial charge in [0.1, 0.15) is 0 Å². The van der Waals surface area contributed by atoms with Crippen molar-refractivity contribution in [2.24, 2.45) is 13.0 Å². The van der Waals surface area contributed by atoms with Crippen LogP contribution in [0.3, 0.4) is 0 Å². The lowest BCUT2D eigenvalue weighted by atomic mass is 9.89. The zero-order valence-electron chi connectivity index (χ0n) is 14.4. The molecule has 134 valence electrons. The zero-order chi connectivity index (χ0) is 14.9. The second-order valence-corrected chi connectivity index (χ2v) is 6.99. The van der Waals surface area contributed by atoms with E-state index in [0.29, 0.717) is 6.04 Å². The molecular formula is C19H29Cl2N3. The van der Waals surface area contributed by atoms with E-state index in [4.69, 9.17) is 0 Å². The van der Waals surface area contributed by atoms with Crippen molar-refractivity contribution in [1.82, 2.24) is 14.8 Å². The Hall–Kier alpha value is -0.740. The molecule has 2 aromatic rings. The first kappa shape index (κ1) is 19.6. The number of benzene rings is 1. The van der Waals surface area contributed by atoms with E-state index in [0.717, 1.165) is 19.0 Å².